The summed E-state index contributed by atoms with van der Waals surface area (Å²) in [6.07, 6.45) is 3.82. The van der Waals surface area contributed by atoms with Gasteiger partial charge in [0, 0.05) is 0 Å². The maximum absolute atomic E-state index is 2.36. The van der Waals surface area contributed by atoms with Gasteiger partial charge in [0.15, 0.2) is 0 Å². The van der Waals surface area contributed by atoms with E-state index in [4.69, 9.17) is 0 Å². The summed E-state index contributed by atoms with van der Waals surface area (Å²) in [5, 5.41) is 2.83. The summed E-state index contributed by atoms with van der Waals surface area (Å²) in [6.45, 7) is 9.10. The molecule has 0 radical (unpaired) electrons. The first-order chi connectivity index (χ1) is 8.63. The smallest absolute Gasteiger partial charge is 0.0149 e. The summed E-state index contributed by atoms with van der Waals surface area (Å²) < 4.78 is 0. The van der Waals surface area contributed by atoms with Gasteiger partial charge in [-0.3, -0.25) is 0 Å². The molecule has 0 fully saturated rings. The van der Waals surface area contributed by atoms with Gasteiger partial charge in [-0.05, 0) is 53.6 Å². The highest BCUT2D eigenvalue weighted by Gasteiger charge is 2.08. The van der Waals surface area contributed by atoms with Crippen molar-refractivity contribution in [3.05, 3.63) is 47.0 Å². The first-order valence-electron chi connectivity index (χ1n) is 7.11. The second-order valence-corrected chi connectivity index (χ2v) is 5.62. The van der Waals surface area contributed by atoms with E-state index in [1.54, 1.807) is 0 Å². The van der Waals surface area contributed by atoms with Crippen molar-refractivity contribution in [3.63, 3.8) is 0 Å². The summed E-state index contributed by atoms with van der Waals surface area (Å²) in [4.78, 5) is 0. The number of fused-ring (bicyclic) bond motifs is 1. The highest BCUT2D eigenvalue weighted by atomic mass is 14.1. The molecule has 0 saturated carbocycles. The molecular weight excluding hydrogens is 216 g/mol. The van der Waals surface area contributed by atoms with Gasteiger partial charge in [-0.25, -0.2) is 0 Å². The van der Waals surface area contributed by atoms with Crippen molar-refractivity contribution >= 4 is 10.8 Å². The minimum Gasteiger partial charge on any atom is -0.0654 e. The Hall–Kier alpha value is -1.30. The fourth-order valence-corrected chi connectivity index (χ4v) is 2.90. The summed E-state index contributed by atoms with van der Waals surface area (Å²) in [5.41, 5.74) is 4.37. The molecule has 0 aromatic heterocycles. The van der Waals surface area contributed by atoms with Gasteiger partial charge >= 0.3 is 0 Å². The van der Waals surface area contributed by atoms with Crippen LogP contribution in [0.15, 0.2) is 30.3 Å². The molecule has 1 unspecified atom stereocenters. The Labute approximate surface area is 111 Å². The molecule has 96 valence electrons. The van der Waals surface area contributed by atoms with Gasteiger partial charge in [-0.1, -0.05) is 57.0 Å². The van der Waals surface area contributed by atoms with Crippen molar-refractivity contribution < 1.29 is 0 Å². The second kappa shape index (κ2) is 5.56. The molecule has 0 aliphatic rings. The van der Waals surface area contributed by atoms with Crippen LogP contribution in [0.3, 0.4) is 0 Å². The summed E-state index contributed by atoms with van der Waals surface area (Å²) in [6, 6.07) is 11.2. The van der Waals surface area contributed by atoms with Crippen molar-refractivity contribution in [2.75, 3.05) is 0 Å². The van der Waals surface area contributed by atoms with E-state index < -0.39 is 0 Å². The molecule has 0 N–H and O–H groups in total. The molecule has 2 aromatic carbocycles. The Morgan fingerprint density at radius 2 is 1.78 bits per heavy atom. The molecule has 0 aliphatic carbocycles. The number of hydrogen-bond donors (Lipinski definition) is 0. The van der Waals surface area contributed by atoms with Crippen LogP contribution in [-0.4, -0.2) is 0 Å². The first kappa shape index (κ1) is 13.1. The van der Waals surface area contributed by atoms with Crippen LogP contribution in [0.25, 0.3) is 10.8 Å². The number of benzene rings is 2. The van der Waals surface area contributed by atoms with Crippen LogP contribution < -0.4 is 0 Å². The SMILES string of the molecule is CCCC(C)Cc1ccc2c(C)cccc2c1C. The van der Waals surface area contributed by atoms with Crippen LogP contribution in [0.4, 0.5) is 0 Å². The highest BCUT2D eigenvalue weighted by molar-refractivity contribution is 5.89. The Morgan fingerprint density at radius 1 is 1.00 bits per heavy atom. The zero-order valence-corrected chi connectivity index (χ0v) is 12.1. The number of rotatable bonds is 4. The number of hydrogen-bond acceptors (Lipinski definition) is 0. The van der Waals surface area contributed by atoms with E-state index in [-0.39, 0.29) is 0 Å². The molecule has 0 saturated heterocycles. The third kappa shape index (κ3) is 2.58. The predicted octanol–water partition coefficient (Wildman–Crippen LogP) is 5.44. The highest BCUT2D eigenvalue weighted by Crippen LogP contribution is 2.26. The molecule has 2 rings (SSSR count). The molecule has 0 spiro atoms. The molecule has 0 bridgehead atoms. The average Bonchev–Trinajstić information content (AvgIpc) is 2.34. The van der Waals surface area contributed by atoms with Crippen LogP contribution in [-0.2, 0) is 6.42 Å². The summed E-state index contributed by atoms with van der Waals surface area (Å²) >= 11 is 0. The van der Waals surface area contributed by atoms with E-state index in [1.807, 2.05) is 0 Å². The van der Waals surface area contributed by atoms with E-state index >= 15 is 0 Å². The minimum absolute atomic E-state index is 0.788. The molecule has 2 aromatic rings. The largest absolute Gasteiger partial charge is 0.0654 e. The summed E-state index contributed by atoms with van der Waals surface area (Å²) in [7, 11) is 0. The van der Waals surface area contributed by atoms with E-state index in [2.05, 4.69) is 58.0 Å². The predicted molar refractivity (Wildman–Crippen MR) is 81.2 cm³/mol. The number of aryl methyl sites for hydroxylation is 2. The quantitative estimate of drug-likeness (QED) is 0.668. The lowest BCUT2D eigenvalue weighted by Gasteiger charge is -2.15. The standard InChI is InChI=1S/C18H24/c1-5-7-13(2)12-16-10-11-17-14(3)8-6-9-18(17)15(16)4/h6,8-11,13H,5,7,12H2,1-4H3. The van der Waals surface area contributed by atoms with Crippen molar-refractivity contribution in [1.82, 2.24) is 0 Å². The van der Waals surface area contributed by atoms with Gasteiger partial charge in [0.2, 0.25) is 0 Å². The van der Waals surface area contributed by atoms with Gasteiger partial charge in [0.1, 0.15) is 0 Å². The average molecular weight is 240 g/mol. The molecular formula is C18H24. The van der Waals surface area contributed by atoms with Crippen molar-refractivity contribution in [2.24, 2.45) is 5.92 Å². The topological polar surface area (TPSA) is 0 Å². The van der Waals surface area contributed by atoms with Gasteiger partial charge in [-0.15, -0.1) is 0 Å². The van der Waals surface area contributed by atoms with Gasteiger partial charge in [-0.2, -0.15) is 0 Å². The Bertz CT molecular complexity index is 537. The van der Waals surface area contributed by atoms with Gasteiger partial charge < -0.3 is 0 Å². The Morgan fingerprint density at radius 3 is 2.50 bits per heavy atom. The Balaban J connectivity index is 2.39. The lowest BCUT2D eigenvalue weighted by Crippen LogP contribution is -2.01. The monoisotopic (exact) mass is 240 g/mol. The van der Waals surface area contributed by atoms with Crippen LogP contribution in [0.1, 0.15) is 43.4 Å². The third-order valence-corrected chi connectivity index (χ3v) is 4.01. The third-order valence-electron chi connectivity index (χ3n) is 4.01. The molecule has 1 atom stereocenters. The summed E-state index contributed by atoms with van der Waals surface area (Å²) in [5.74, 6) is 0.788. The second-order valence-electron chi connectivity index (χ2n) is 5.62. The Kier molecular flexibility index (Phi) is 4.06. The molecule has 0 nitrogen and oxygen atoms in total. The maximum Gasteiger partial charge on any atom is -0.0149 e. The van der Waals surface area contributed by atoms with Crippen molar-refractivity contribution in [1.29, 1.82) is 0 Å². The maximum atomic E-state index is 2.36. The van der Waals surface area contributed by atoms with Crippen LogP contribution in [0.2, 0.25) is 0 Å². The fraction of sp³-hybridized carbons (Fsp3) is 0.444. The van der Waals surface area contributed by atoms with Crippen molar-refractivity contribution in [2.45, 2.75) is 47.0 Å². The zero-order chi connectivity index (χ0) is 13.1. The lowest BCUT2D eigenvalue weighted by molar-refractivity contribution is 0.522. The van der Waals surface area contributed by atoms with Gasteiger partial charge in [0.05, 0.1) is 0 Å². The molecule has 0 heterocycles. The van der Waals surface area contributed by atoms with E-state index in [9.17, 15) is 0 Å². The normalized spacial score (nSPS) is 12.9. The van der Waals surface area contributed by atoms with Crippen LogP contribution >= 0.6 is 0 Å². The van der Waals surface area contributed by atoms with Crippen molar-refractivity contribution in [3.8, 4) is 0 Å². The van der Waals surface area contributed by atoms with Gasteiger partial charge in [0.25, 0.3) is 0 Å². The van der Waals surface area contributed by atoms with E-state index in [0.29, 0.717) is 0 Å². The fourth-order valence-electron chi connectivity index (χ4n) is 2.90. The first-order valence-corrected chi connectivity index (χ1v) is 7.11. The molecule has 0 heteroatoms. The minimum atomic E-state index is 0.788. The molecule has 0 aliphatic heterocycles. The zero-order valence-electron chi connectivity index (χ0n) is 12.1. The van der Waals surface area contributed by atoms with Crippen LogP contribution in [0, 0.1) is 19.8 Å². The van der Waals surface area contributed by atoms with Crippen LogP contribution in [0.5, 0.6) is 0 Å². The molecule has 0 amide bonds. The molecule has 18 heavy (non-hydrogen) atoms. The lowest BCUT2D eigenvalue weighted by atomic mass is 9.90. The van der Waals surface area contributed by atoms with E-state index in [1.165, 1.54) is 46.7 Å². The van der Waals surface area contributed by atoms with E-state index in [0.717, 1.165) is 5.92 Å².